The molecule has 8 nitrogen and oxygen atoms in total. The Balaban J connectivity index is 1.44. The first kappa shape index (κ1) is 24.7. The molecule has 0 saturated heterocycles. The van der Waals surface area contributed by atoms with E-state index in [1.54, 1.807) is 37.3 Å². The van der Waals surface area contributed by atoms with E-state index >= 15 is 0 Å². The smallest absolute Gasteiger partial charge is 0.348 e. The van der Waals surface area contributed by atoms with E-state index < -0.39 is 17.4 Å². The van der Waals surface area contributed by atoms with Crippen molar-refractivity contribution < 1.29 is 19.1 Å². The number of ether oxygens (including phenoxy) is 2. The lowest BCUT2D eigenvalue weighted by Gasteiger charge is -2.09. The minimum Gasteiger partial charge on any atom is -0.490 e. The maximum atomic E-state index is 13.0. The van der Waals surface area contributed by atoms with Crippen LogP contribution >= 0.6 is 34.5 Å². The molecule has 2 aromatic heterocycles. The third-order valence-corrected chi connectivity index (χ3v) is 6.97. The van der Waals surface area contributed by atoms with Crippen molar-refractivity contribution in [2.45, 2.75) is 13.5 Å². The quantitative estimate of drug-likeness (QED) is 0.255. The summed E-state index contributed by atoms with van der Waals surface area (Å²) in [5, 5.41) is 3.39. The van der Waals surface area contributed by atoms with Crippen molar-refractivity contribution >= 4 is 62.3 Å². The highest BCUT2D eigenvalue weighted by molar-refractivity contribution is 7.20. The van der Waals surface area contributed by atoms with Gasteiger partial charge in [-0.25, -0.2) is 9.78 Å². The van der Waals surface area contributed by atoms with E-state index in [0.717, 1.165) is 11.3 Å². The first-order valence-corrected chi connectivity index (χ1v) is 12.0. The fourth-order valence-corrected chi connectivity index (χ4v) is 4.67. The van der Waals surface area contributed by atoms with Gasteiger partial charge in [0.25, 0.3) is 5.56 Å². The topological polar surface area (TPSA) is 99.5 Å². The van der Waals surface area contributed by atoms with Gasteiger partial charge in [-0.2, -0.15) is 0 Å². The average Bonchev–Trinajstić information content (AvgIpc) is 3.19. The summed E-state index contributed by atoms with van der Waals surface area (Å²) in [6.07, 6.45) is 1.27. The Morgan fingerprint density at radius 3 is 2.63 bits per heavy atom. The molecule has 2 heterocycles. The van der Waals surface area contributed by atoms with Crippen molar-refractivity contribution in [2.75, 3.05) is 18.5 Å². The molecule has 1 amide bonds. The number of rotatable bonds is 8. The summed E-state index contributed by atoms with van der Waals surface area (Å²) in [4.78, 5) is 43.0. The normalized spacial score (nSPS) is 10.8. The van der Waals surface area contributed by atoms with Crippen LogP contribution in [-0.2, 0) is 16.1 Å². The summed E-state index contributed by atoms with van der Waals surface area (Å²) in [7, 11) is 0. The molecular formula is C24H19Cl2N3O5S. The van der Waals surface area contributed by atoms with Gasteiger partial charge >= 0.3 is 5.97 Å². The van der Waals surface area contributed by atoms with Crippen LogP contribution in [0.2, 0.25) is 10.0 Å². The number of nitrogens with zero attached hydrogens (tertiary/aromatic N) is 2. The predicted molar refractivity (Wildman–Crippen MR) is 136 cm³/mol. The molecule has 1 N–H and O–H groups in total. The number of amides is 1. The average molecular weight is 532 g/mol. The maximum Gasteiger partial charge on any atom is 0.348 e. The highest BCUT2D eigenvalue weighted by Gasteiger charge is 2.21. The van der Waals surface area contributed by atoms with E-state index in [4.69, 9.17) is 32.7 Å². The SMILES string of the molecule is Cc1c(C(=O)OCCOc2ccccc2)sc2ncn(CC(=O)Nc3cccc(Cl)c3Cl)c(=O)c12. The molecule has 0 fully saturated rings. The van der Waals surface area contributed by atoms with Gasteiger partial charge in [-0.15, -0.1) is 11.3 Å². The van der Waals surface area contributed by atoms with Crippen LogP contribution in [0.1, 0.15) is 15.2 Å². The summed E-state index contributed by atoms with van der Waals surface area (Å²) in [6, 6.07) is 14.0. The van der Waals surface area contributed by atoms with Crippen LogP contribution in [0.25, 0.3) is 10.2 Å². The highest BCUT2D eigenvalue weighted by atomic mass is 35.5. The summed E-state index contributed by atoms with van der Waals surface area (Å²) >= 11 is 13.1. The second kappa shape index (κ2) is 10.9. The monoisotopic (exact) mass is 531 g/mol. The van der Waals surface area contributed by atoms with Crippen LogP contribution in [-0.4, -0.2) is 34.6 Å². The van der Waals surface area contributed by atoms with E-state index in [1.807, 2.05) is 18.2 Å². The molecule has 11 heteroatoms. The van der Waals surface area contributed by atoms with Gasteiger partial charge in [0.05, 0.1) is 27.4 Å². The van der Waals surface area contributed by atoms with Crippen molar-refractivity contribution in [3.63, 3.8) is 0 Å². The Hall–Kier alpha value is -3.40. The van der Waals surface area contributed by atoms with Crippen LogP contribution in [0.15, 0.2) is 59.7 Å². The summed E-state index contributed by atoms with van der Waals surface area (Å²) in [5.41, 5.74) is 0.339. The van der Waals surface area contributed by atoms with Gasteiger partial charge in [0.2, 0.25) is 5.91 Å². The number of carbonyl (C=O) groups excluding carboxylic acids is 2. The summed E-state index contributed by atoms with van der Waals surface area (Å²) in [5.74, 6) is -0.377. The van der Waals surface area contributed by atoms with Gasteiger partial charge in [-0.1, -0.05) is 47.5 Å². The number of para-hydroxylation sites is 1. The molecule has 4 rings (SSSR count). The Morgan fingerprint density at radius 2 is 1.86 bits per heavy atom. The lowest BCUT2D eigenvalue weighted by molar-refractivity contribution is -0.116. The molecule has 4 aromatic rings. The van der Waals surface area contributed by atoms with Gasteiger partial charge in [0, 0.05) is 0 Å². The van der Waals surface area contributed by atoms with E-state index in [-0.39, 0.29) is 35.0 Å². The number of benzene rings is 2. The standard InChI is InChI=1S/C24H19Cl2N3O5S/c1-14-19-22(35-21(14)24(32)34-11-10-33-15-6-3-2-4-7-15)27-13-29(23(19)31)12-18(30)28-17-9-5-8-16(25)20(17)26/h2-9,13H,10-12H2,1H3,(H,28,30). The van der Waals surface area contributed by atoms with Crippen molar-refractivity contribution in [1.29, 1.82) is 0 Å². The van der Waals surface area contributed by atoms with Crippen LogP contribution in [0.5, 0.6) is 5.75 Å². The second-order valence-electron chi connectivity index (χ2n) is 7.36. The Morgan fingerprint density at radius 1 is 1.09 bits per heavy atom. The van der Waals surface area contributed by atoms with E-state index in [1.165, 1.54) is 10.9 Å². The molecule has 35 heavy (non-hydrogen) atoms. The summed E-state index contributed by atoms with van der Waals surface area (Å²) < 4.78 is 12.0. The van der Waals surface area contributed by atoms with Crippen molar-refractivity contribution in [1.82, 2.24) is 9.55 Å². The Labute approximate surface area is 214 Å². The third-order valence-electron chi connectivity index (χ3n) is 4.97. The molecule has 180 valence electrons. The molecular weight excluding hydrogens is 513 g/mol. The molecule has 0 unspecified atom stereocenters. The number of aryl methyl sites for hydroxylation is 1. The van der Waals surface area contributed by atoms with Gasteiger partial charge in [-0.05, 0) is 36.8 Å². The number of aromatic nitrogens is 2. The zero-order valence-corrected chi connectivity index (χ0v) is 20.7. The number of anilines is 1. The highest BCUT2D eigenvalue weighted by Crippen LogP contribution is 2.30. The number of esters is 1. The first-order chi connectivity index (χ1) is 16.8. The van der Waals surface area contributed by atoms with Crippen LogP contribution in [0.3, 0.4) is 0 Å². The number of hydrogen-bond acceptors (Lipinski definition) is 7. The van der Waals surface area contributed by atoms with Gasteiger partial charge in [-0.3, -0.25) is 14.2 Å². The van der Waals surface area contributed by atoms with E-state index in [9.17, 15) is 14.4 Å². The maximum absolute atomic E-state index is 13.0. The van der Waals surface area contributed by atoms with E-state index in [0.29, 0.717) is 26.9 Å². The summed E-state index contributed by atoms with van der Waals surface area (Å²) in [6.45, 7) is 1.59. The number of carbonyl (C=O) groups is 2. The number of nitrogens with one attached hydrogen (secondary N) is 1. The predicted octanol–water partition coefficient (Wildman–Crippen LogP) is 4.95. The van der Waals surface area contributed by atoms with Crippen LogP contribution in [0, 0.1) is 6.92 Å². The number of thiophene rings is 1. The van der Waals surface area contributed by atoms with Gasteiger partial charge < -0.3 is 14.8 Å². The Kier molecular flexibility index (Phi) is 7.70. The largest absolute Gasteiger partial charge is 0.490 e. The van der Waals surface area contributed by atoms with Crippen molar-refractivity contribution in [2.24, 2.45) is 0 Å². The van der Waals surface area contributed by atoms with Crippen LogP contribution in [0.4, 0.5) is 5.69 Å². The molecule has 0 aliphatic rings. The Bertz CT molecular complexity index is 1450. The van der Waals surface area contributed by atoms with Gasteiger partial charge in [0.15, 0.2) is 0 Å². The lowest BCUT2D eigenvalue weighted by atomic mass is 10.2. The minimum absolute atomic E-state index is 0.0469. The molecule has 0 atom stereocenters. The fourth-order valence-electron chi connectivity index (χ4n) is 3.29. The molecule has 0 spiro atoms. The number of fused-ring (bicyclic) bond motifs is 1. The van der Waals surface area contributed by atoms with Crippen LogP contribution < -0.4 is 15.6 Å². The lowest BCUT2D eigenvalue weighted by Crippen LogP contribution is -2.28. The minimum atomic E-state index is -0.568. The molecule has 0 bridgehead atoms. The second-order valence-corrected chi connectivity index (χ2v) is 9.15. The zero-order valence-electron chi connectivity index (χ0n) is 18.4. The van der Waals surface area contributed by atoms with Gasteiger partial charge in [0.1, 0.15) is 35.2 Å². The van der Waals surface area contributed by atoms with Crippen molar-refractivity contribution in [3.05, 3.63) is 85.7 Å². The zero-order chi connectivity index (χ0) is 24.9. The number of halogens is 2. The molecule has 0 aliphatic heterocycles. The molecule has 0 aliphatic carbocycles. The van der Waals surface area contributed by atoms with E-state index in [2.05, 4.69) is 10.3 Å². The third kappa shape index (κ3) is 5.64. The first-order valence-electron chi connectivity index (χ1n) is 10.4. The fraction of sp³-hybridized carbons (Fsp3) is 0.167. The molecule has 0 saturated carbocycles. The van der Waals surface area contributed by atoms with Crippen molar-refractivity contribution in [3.8, 4) is 5.75 Å². The number of hydrogen-bond donors (Lipinski definition) is 1. The molecule has 2 aromatic carbocycles. The molecule has 0 radical (unpaired) electrons.